The van der Waals surface area contributed by atoms with Crippen molar-refractivity contribution < 1.29 is 9.47 Å². The lowest BCUT2D eigenvalue weighted by molar-refractivity contribution is 0.174. The number of aryl methyl sites for hydroxylation is 1. The highest BCUT2D eigenvalue weighted by atomic mass is 35.5. The van der Waals surface area contributed by atoms with Gasteiger partial charge in [-0.25, -0.2) is 15.0 Å². The fraction of sp³-hybridized carbons (Fsp3) is 0.129. The van der Waals surface area contributed by atoms with Crippen molar-refractivity contribution >= 4 is 34.2 Å². The zero-order valence-corrected chi connectivity index (χ0v) is 21.4. The van der Waals surface area contributed by atoms with Crippen molar-refractivity contribution in [3.8, 4) is 22.8 Å². The first kappa shape index (κ1) is 22.8. The molecule has 0 saturated heterocycles. The topological polar surface area (TPSA) is 59.8 Å². The summed E-state index contributed by atoms with van der Waals surface area (Å²) in [7, 11) is 0. The smallest absolute Gasteiger partial charge is 0.247 e. The van der Waals surface area contributed by atoms with Crippen molar-refractivity contribution in [2.24, 2.45) is 5.10 Å². The molecule has 0 aliphatic carbocycles. The maximum absolute atomic E-state index is 6.38. The van der Waals surface area contributed by atoms with Crippen LogP contribution >= 0.6 is 11.6 Å². The Morgan fingerprint density at radius 1 is 0.816 bits per heavy atom. The summed E-state index contributed by atoms with van der Waals surface area (Å²) in [4.78, 5) is 10.0. The van der Waals surface area contributed by atoms with E-state index in [1.807, 2.05) is 65.7 Å². The minimum absolute atomic E-state index is 0.117. The van der Waals surface area contributed by atoms with Gasteiger partial charge in [0.05, 0.1) is 23.0 Å². The SMILES string of the molecule is Cc1ccc(C2=NN(c3nc(-c4ccccc4)c4cc(Cl)ccc4n3)[C@H](c3ccc4c(c3)OCO4)C2)cc1. The molecular formula is C31H23ClN4O2. The number of halogens is 1. The number of anilines is 1. The molecule has 2 aliphatic rings. The van der Waals surface area contributed by atoms with Crippen LogP contribution in [0.15, 0.2) is 96.1 Å². The summed E-state index contributed by atoms with van der Waals surface area (Å²) in [6, 6.07) is 30.2. The van der Waals surface area contributed by atoms with Gasteiger partial charge < -0.3 is 9.47 Å². The number of nitrogens with zero attached hydrogens (tertiary/aromatic N) is 4. The highest BCUT2D eigenvalue weighted by Gasteiger charge is 2.33. The van der Waals surface area contributed by atoms with E-state index in [0.29, 0.717) is 17.4 Å². The molecule has 0 fully saturated rings. The number of rotatable bonds is 4. The van der Waals surface area contributed by atoms with Crippen molar-refractivity contribution in [3.63, 3.8) is 0 Å². The van der Waals surface area contributed by atoms with E-state index in [1.165, 1.54) is 5.56 Å². The third kappa shape index (κ3) is 4.03. The average molecular weight is 519 g/mol. The summed E-state index contributed by atoms with van der Waals surface area (Å²) in [6.45, 7) is 2.32. The number of hydrogen-bond donors (Lipinski definition) is 0. The van der Waals surface area contributed by atoms with E-state index in [-0.39, 0.29) is 12.8 Å². The summed E-state index contributed by atoms with van der Waals surface area (Å²) < 4.78 is 11.2. The molecule has 7 heteroatoms. The van der Waals surface area contributed by atoms with Gasteiger partial charge in [-0.3, -0.25) is 0 Å². The first-order valence-electron chi connectivity index (χ1n) is 12.5. The first-order chi connectivity index (χ1) is 18.6. The second-order valence-electron chi connectivity index (χ2n) is 9.49. The van der Waals surface area contributed by atoms with Gasteiger partial charge in [0.15, 0.2) is 11.5 Å². The number of fused-ring (bicyclic) bond motifs is 2. The summed E-state index contributed by atoms with van der Waals surface area (Å²) in [5.41, 5.74) is 6.94. The molecule has 0 unspecified atom stereocenters. The lowest BCUT2D eigenvalue weighted by Gasteiger charge is -2.23. The Labute approximate surface area is 225 Å². The van der Waals surface area contributed by atoms with Gasteiger partial charge in [0.2, 0.25) is 12.7 Å². The van der Waals surface area contributed by atoms with E-state index < -0.39 is 0 Å². The third-order valence-corrected chi connectivity index (χ3v) is 7.21. The average Bonchev–Trinajstić information content (AvgIpc) is 3.61. The molecule has 6 nitrogen and oxygen atoms in total. The maximum Gasteiger partial charge on any atom is 0.247 e. The lowest BCUT2D eigenvalue weighted by Crippen LogP contribution is -2.21. The zero-order valence-electron chi connectivity index (χ0n) is 20.6. The molecule has 1 aromatic heterocycles. The molecule has 4 aromatic carbocycles. The molecule has 0 bridgehead atoms. The van der Waals surface area contributed by atoms with E-state index in [9.17, 15) is 0 Å². The summed E-state index contributed by atoms with van der Waals surface area (Å²) in [6.07, 6.45) is 0.700. The monoisotopic (exact) mass is 518 g/mol. The van der Waals surface area contributed by atoms with E-state index in [1.54, 1.807) is 0 Å². The van der Waals surface area contributed by atoms with Crippen LogP contribution in [0, 0.1) is 6.92 Å². The summed E-state index contributed by atoms with van der Waals surface area (Å²) >= 11 is 6.38. The van der Waals surface area contributed by atoms with E-state index in [0.717, 1.165) is 50.5 Å². The van der Waals surface area contributed by atoms with E-state index in [4.69, 9.17) is 36.1 Å². The predicted molar refractivity (Wildman–Crippen MR) is 150 cm³/mol. The van der Waals surface area contributed by atoms with Crippen LogP contribution in [0.1, 0.15) is 29.2 Å². The van der Waals surface area contributed by atoms with Crippen molar-refractivity contribution in [2.45, 2.75) is 19.4 Å². The highest BCUT2D eigenvalue weighted by Crippen LogP contribution is 2.41. The van der Waals surface area contributed by atoms with Gasteiger partial charge in [-0.05, 0) is 48.4 Å². The van der Waals surface area contributed by atoms with Crippen LogP contribution < -0.4 is 14.5 Å². The lowest BCUT2D eigenvalue weighted by atomic mass is 9.97. The molecule has 5 aromatic rings. The van der Waals surface area contributed by atoms with Gasteiger partial charge in [0.1, 0.15) is 0 Å². The molecule has 38 heavy (non-hydrogen) atoms. The number of ether oxygens (including phenoxy) is 2. The molecule has 0 spiro atoms. The molecule has 1 atom stereocenters. The van der Waals surface area contributed by atoms with Gasteiger partial charge in [0, 0.05) is 22.4 Å². The van der Waals surface area contributed by atoms with Crippen molar-refractivity contribution in [1.82, 2.24) is 9.97 Å². The van der Waals surface area contributed by atoms with Crippen LogP contribution in [0.4, 0.5) is 5.95 Å². The first-order valence-corrected chi connectivity index (χ1v) is 12.9. The Balaban J connectivity index is 1.40. The minimum Gasteiger partial charge on any atom is -0.454 e. The Hall–Kier alpha value is -4.42. The fourth-order valence-corrected chi connectivity index (χ4v) is 5.17. The summed E-state index contributed by atoms with van der Waals surface area (Å²) in [5, 5.41) is 8.57. The second kappa shape index (κ2) is 9.15. The molecular weight excluding hydrogens is 496 g/mol. The molecule has 3 heterocycles. The third-order valence-electron chi connectivity index (χ3n) is 6.97. The van der Waals surface area contributed by atoms with Gasteiger partial charge in [0.25, 0.3) is 0 Å². The second-order valence-corrected chi connectivity index (χ2v) is 9.93. The van der Waals surface area contributed by atoms with Crippen LogP contribution in [0.3, 0.4) is 0 Å². The van der Waals surface area contributed by atoms with E-state index >= 15 is 0 Å². The quantitative estimate of drug-likeness (QED) is 0.249. The predicted octanol–water partition coefficient (Wildman–Crippen LogP) is 7.34. The number of benzene rings is 4. The van der Waals surface area contributed by atoms with Crippen molar-refractivity contribution in [3.05, 3.63) is 113 Å². The van der Waals surface area contributed by atoms with Crippen LogP contribution in [0.5, 0.6) is 11.5 Å². The maximum atomic E-state index is 6.38. The Kier molecular flexibility index (Phi) is 5.48. The molecule has 7 rings (SSSR count). The van der Waals surface area contributed by atoms with Crippen molar-refractivity contribution in [2.75, 3.05) is 11.8 Å². The molecule has 0 radical (unpaired) electrons. The van der Waals surface area contributed by atoms with Crippen LogP contribution in [0.2, 0.25) is 5.02 Å². The molecule has 0 amide bonds. The van der Waals surface area contributed by atoms with E-state index in [2.05, 4.69) is 37.3 Å². The van der Waals surface area contributed by atoms with Gasteiger partial charge in [-0.2, -0.15) is 5.10 Å². The number of aromatic nitrogens is 2. The molecule has 2 aliphatic heterocycles. The normalized spacial score (nSPS) is 16.2. The summed E-state index contributed by atoms with van der Waals surface area (Å²) in [5.74, 6) is 2.02. The Morgan fingerprint density at radius 2 is 1.63 bits per heavy atom. The molecule has 0 saturated carbocycles. The number of hydrogen-bond acceptors (Lipinski definition) is 6. The van der Waals surface area contributed by atoms with Gasteiger partial charge >= 0.3 is 0 Å². The number of hydrazone groups is 1. The zero-order chi connectivity index (χ0) is 25.6. The van der Waals surface area contributed by atoms with Gasteiger partial charge in [-0.1, -0.05) is 77.8 Å². The van der Waals surface area contributed by atoms with Crippen molar-refractivity contribution in [1.29, 1.82) is 0 Å². The standard InChI is InChI=1S/C31H23ClN4O2/c1-19-7-9-20(10-8-19)26-17-27(22-11-14-28-29(15-22)38-18-37-28)36(35-26)31-33-25-13-12-23(32)16-24(25)30(34-31)21-5-3-2-4-6-21/h2-16,27H,17-18H2,1H3/t27-/m0/s1. The van der Waals surface area contributed by atoms with Crippen LogP contribution in [0.25, 0.3) is 22.2 Å². The molecule has 186 valence electrons. The Morgan fingerprint density at radius 3 is 2.47 bits per heavy atom. The minimum atomic E-state index is -0.117. The molecule has 0 N–H and O–H groups in total. The fourth-order valence-electron chi connectivity index (χ4n) is 5.00. The van der Waals surface area contributed by atoms with Gasteiger partial charge in [-0.15, -0.1) is 0 Å². The highest BCUT2D eigenvalue weighted by molar-refractivity contribution is 6.31. The van der Waals surface area contributed by atoms with Crippen LogP contribution in [-0.2, 0) is 0 Å². The van der Waals surface area contributed by atoms with Crippen LogP contribution in [-0.4, -0.2) is 22.5 Å². The Bertz CT molecular complexity index is 1700. The largest absolute Gasteiger partial charge is 0.454 e.